The van der Waals surface area contributed by atoms with E-state index in [2.05, 4.69) is 40.8 Å². The van der Waals surface area contributed by atoms with Crippen molar-refractivity contribution in [2.75, 3.05) is 0 Å². The van der Waals surface area contributed by atoms with E-state index < -0.39 is 0 Å². The third-order valence-electron chi connectivity index (χ3n) is 2.96. The summed E-state index contributed by atoms with van der Waals surface area (Å²) in [4.78, 5) is 4.27. The van der Waals surface area contributed by atoms with Crippen LogP contribution in [0.15, 0.2) is 41.0 Å². The number of halogens is 1. The zero-order valence-electron chi connectivity index (χ0n) is 10.8. The van der Waals surface area contributed by atoms with Gasteiger partial charge in [0.2, 0.25) is 5.88 Å². The van der Waals surface area contributed by atoms with Gasteiger partial charge in [-0.2, -0.15) is 0 Å². The monoisotopic (exact) mass is 319 g/mol. The van der Waals surface area contributed by atoms with Gasteiger partial charge in [0.25, 0.3) is 0 Å². The lowest BCUT2D eigenvalue weighted by atomic mass is 10.0. The third-order valence-corrected chi connectivity index (χ3v) is 3.40. The van der Waals surface area contributed by atoms with Gasteiger partial charge in [-0.15, -0.1) is 0 Å². The number of pyridine rings is 1. The van der Waals surface area contributed by atoms with Gasteiger partial charge in [-0.25, -0.2) is 4.98 Å². The number of rotatable bonds is 2. The molecule has 4 heteroatoms. The summed E-state index contributed by atoms with van der Waals surface area (Å²) >= 11 is 3.33. The molecule has 2 aromatic rings. The van der Waals surface area contributed by atoms with E-state index in [1.165, 1.54) is 5.56 Å². The number of hydrogen-bond acceptors (Lipinski definition) is 3. The molecule has 0 bridgehead atoms. The highest BCUT2D eigenvalue weighted by Gasteiger charge is 2.32. The standard InChI is InChI=1S/C15H14BrNO2/c1-15(2)9-10-5-3-6-11(14(10)19-15)18-13-8-4-7-12(16)17-13/h3-8H,9H2,1-2H3. The molecular weight excluding hydrogens is 306 g/mol. The van der Waals surface area contributed by atoms with Crippen LogP contribution in [0.25, 0.3) is 0 Å². The Labute approximate surface area is 120 Å². The van der Waals surface area contributed by atoms with Crippen LogP contribution in [0, 0.1) is 0 Å². The van der Waals surface area contributed by atoms with Crippen molar-refractivity contribution >= 4 is 15.9 Å². The molecule has 0 N–H and O–H groups in total. The third kappa shape index (κ3) is 2.59. The summed E-state index contributed by atoms with van der Waals surface area (Å²) in [7, 11) is 0. The minimum absolute atomic E-state index is 0.174. The predicted molar refractivity (Wildman–Crippen MR) is 76.9 cm³/mol. The molecule has 0 amide bonds. The Morgan fingerprint density at radius 1 is 1.21 bits per heavy atom. The van der Waals surface area contributed by atoms with Gasteiger partial charge in [-0.05, 0) is 41.9 Å². The van der Waals surface area contributed by atoms with Crippen LogP contribution in [0.2, 0.25) is 0 Å². The maximum absolute atomic E-state index is 5.96. The Hall–Kier alpha value is -1.55. The Morgan fingerprint density at radius 3 is 2.79 bits per heavy atom. The highest BCUT2D eigenvalue weighted by atomic mass is 79.9. The molecule has 0 saturated carbocycles. The van der Waals surface area contributed by atoms with Crippen molar-refractivity contribution in [1.82, 2.24) is 4.98 Å². The number of hydrogen-bond donors (Lipinski definition) is 0. The SMILES string of the molecule is CC1(C)Cc2cccc(Oc3cccc(Br)n3)c2O1. The molecule has 0 fully saturated rings. The fourth-order valence-corrected chi connectivity index (χ4v) is 2.55. The summed E-state index contributed by atoms with van der Waals surface area (Å²) in [5.74, 6) is 2.10. The van der Waals surface area contributed by atoms with E-state index in [1.54, 1.807) is 0 Å². The largest absolute Gasteiger partial charge is 0.483 e. The second kappa shape index (κ2) is 4.53. The van der Waals surface area contributed by atoms with Gasteiger partial charge in [-0.1, -0.05) is 18.2 Å². The number of fused-ring (bicyclic) bond motifs is 1. The van der Waals surface area contributed by atoms with Gasteiger partial charge in [-0.3, -0.25) is 0 Å². The topological polar surface area (TPSA) is 31.4 Å². The lowest BCUT2D eigenvalue weighted by Crippen LogP contribution is -2.24. The molecule has 98 valence electrons. The Kier molecular flexibility index (Phi) is 2.97. The Morgan fingerprint density at radius 2 is 2.00 bits per heavy atom. The van der Waals surface area contributed by atoms with Crippen LogP contribution in [0.5, 0.6) is 17.4 Å². The zero-order chi connectivity index (χ0) is 13.5. The first kappa shape index (κ1) is 12.5. The zero-order valence-corrected chi connectivity index (χ0v) is 12.4. The minimum Gasteiger partial charge on any atom is -0.483 e. The van der Waals surface area contributed by atoms with Gasteiger partial charge in [0.1, 0.15) is 10.2 Å². The predicted octanol–water partition coefficient (Wildman–Crippen LogP) is 4.35. The molecule has 3 rings (SSSR count). The van der Waals surface area contributed by atoms with E-state index in [1.807, 2.05) is 30.3 Å². The molecule has 1 aliphatic heterocycles. The molecule has 0 atom stereocenters. The lowest BCUT2D eigenvalue weighted by Gasteiger charge is -2.18. The van der Waals surface area contributed by atoms with Crippen molar-refractivity contribution in [3.63, 3.8) is 0 Å². The molecule has 19 heavy (non-hydrogen) atoms. The molecule has 0 radical (unpaired) electrons. The minimum atomic E-state index is -0.174. The number of ether oxygens (including phenoxy) is 2. The van der Waals surface area contributed by atoms with Crippen molar-refractivity contribution in [3.05, 3.63) is 46.6 Å². The van der Waals surface area contributed by atoms with E-state index in [0.29, 0.717) is 11.6 Å². The molecule has 2 heterocycles. The van der Waals surface area contributed by atoms with Crippen molar-refractivity contribution in [2.24, 2.45) is 0 Å². The molecule has 3 nitrogen and oxygen atoms in total. The summed E-state index contributed by atoms with van der Waals surface area (Å²) in [5, 5.41) is 0. The number of para-hydroxylation sites is 1. The fourth-order valence-electron chi connectivity index (χ4n) is 2.23. The van der Waals surface area contributed by atoms with Crippen LogP contribution in [-0.2, 0) is 6.42 Å². The quantitative estimate of drug-likeness (QED) is 0.771. The summed E-state index contributed by atoms with van der Waals surface area (Å²) in [6.07, 6.45) is 0.894. The highest BCUT2D eigenvalue weighted by Crippen LogP contribution is 2.43. The van der Waals surface area contributed by atoms with E-state index in [4.69, 9.17) is 9.47 Å². The van der Waals surface area contributed by atoms with Gasteiger partial charge < -0.3 is 9.47 Å². The van der Waals surface area contributed by atoms with Crippen LogP contribution < -0.4 is 9.47 Å². The number of aromatic nitrogens is 1. The number of nitrogens with zero attached hydrogens (tertiary/aromatic N) is 1. The molecule has 0 spiro atoms. The molecule has 1 aromatic carbocycles. The second-order valence-corrected chi connectivity index (χ2v) is 6.00. The first-order valence-electron chi connectivity index (χ1n) is 6.15. The Balaban J connectivity index is 1.94. The van der Waals surface area contributed by atoms with Crippen molar-refractivity contribution in [1.29, 1.82) is 0 Å². The van der Waals surface area contributed by atoms with Crippen molar-refractivity contribution in [2.45, 2.75) is 25.9 Å². The lowest BCUT2D eigenvalue weighted by molar-refractivity contribution is 0.135. The average Bonchev–Trinajstić information content (AvgIpc) is 2.64. The van der Waals surface area contributed by atoms with Crippen LogP contribution in [0.1, 0.15) is 19.4 Å². The normalized spacial score (nSPS) is 15.7. The van der Waals surface area contributed by atoms with Crippen molar-refractivity contribution < 1.29 is 9.47 Å². The molecule has 0 unspecified atom stereocenters. The summed E-state index contributed by atoms with van der Waals surface area (Å²) in [6, 6.07) is 11.5. The maximum atomic E-state index is 5.96. The summed E-state index contributed by atoms with van der Waals surface area (Å²) in [5.41, 5.74) is 1.00. The van der Waals surface area contributed by atoms with Crippen LogP contribution in [0.3, 0.4) is 0 Å². The van der Waals surface area contributed by atoms with Gasteiger partial charge in [0.15, 0.2) is 11.5 Å². The summed E-state index contributed by atoms with van der Waals surface area (Å²) < 4.78 is 12.5. The maximum Gasteiger partial charge on any atom is 0.220 e. The van der Waals surface area contributed by atoms with Crippen LogP contribution in [0.4, 0.5) is 0 Å². The van der Waals surface area contributed by atoms with Gasteiger partial charge in [0, 0.05) is 18.1 Å². The molecular formula is C15H14BrNO2. The van der Waals surface area contributed by atoms with Crippen LogP contribution >= 0.6 is 15.9 Å². The smallest absolute Gasteiger partial charge is 0.220 e. The first-order chi connectivity index (χ1) is 9.03. The molecule has 1 aromatic heterocycles. The van der Waals surface area contributed by atoms with Gasteiger partial charge >= 0.3 is 0 Å². The van der Waals surface area contributed by atoms with E-state index in [0.717, 1.165) is 16.8 Å². The first-order valence-corrected chi connectivity index (χ1v) is 6.94. The molecule has 1 aliphatic rings. The highest BCUT2D eigenvalue weighted by molar-refractivity contribution is 9.10. The number of benzene rings is 1. The van der Waals surface area contributed by atoms with Crippen LogP contribution in [-0.4, -0.2) is 10.6 Å². The fraction of sp³-hybridized carbons (Fsp3) is 0.267. The summed E-state index contributed by atoms with van der Waals surface area (Å²) in [6.45, 7) is 4.16. The van der Waals surface area contributed by atoms with E-state index in [-0.39, 0.29) is 5.60 Å². The van der Waals surface area contributed by atoms with E-state index >= 15 is 0 Å². The Bertz CT molecular complexity index is 625. The second-order valence-electron chi connectivity index (χ2n) is 5.18. The molecule has 0 aliphatic carbocycles. The molecule has 0 saturated heterocycles. The van der Waals surface area contributed by atoms with Crippen molar-refractivity contribution in [3.8, 4) is 17.4 Å². The van der Waals surface area contributed by atoms with Gasteiger partial charge in [0.05, 0.1) is 0 Å². The average molecular weight is 320 g/mol. The van der Waals surface area contributed by atoms with E-state index in [9.17, 15) is 0 Å².